The van der Waals surface area contributed by atoms with Crippen LogP contribution >= 0.6 is 24.0 Å². The second-order valence-electron chi connectivity index (χ2n) is 4.33. The van der Waals surface area contributed by atoms with Gasteiger partial charge in [-0.05, 0) is 25.7 Å². The molecule has 0 aromatic carbocycles. The zero-order valence-corrected chi connectivity index (χ0v) is 11.5. The molecule has 0 radical (unpaired) electrons. The number of aromatic amines is 1. The maximum Gasteiger partial charge on any atom is 0.133 e. The highest BCUT2D eigenvalue weighted by molar-refractivity contribution is 7.99. The highest BCUT2D eigenvalue weighted by Crippen LogP contribution is 2.23. The quantitative estimate of drug-likeness (QED) is 0.831. The lowest BCUT2D eigenvalue weighted by atomic mass is 10.3. The van der Waals surface area contributed by atoms with Crippen LogP contribution in [0.2, 0.25) is 0 Å². The smallest absolute Gasteiger partial charge is 0.133 e. The molecule has 1 unspecified atom stereocenters. The van der Waals surface area contributed by atoms with Crippen molar-refractivity contribution in [2.75, 3.05) is 0 Å². The molecule has 88 valence electrons. The van der Waals surface area contributed by atoms with Gasteiger partial charge < -0.3 is 4.98 Å². The third kappa shape index (κ3) is 2.66. The molecular weight excluding hydrogens is 236 g/mol. The third-order valence-corrected chi connectivity index (χ3v) is 4.77. The van der Waals surface area contributed by atoms with E-state index in [-0.39, 0.29) is 0 Å². The standard InChI is InChI=1S/C12H18N2S2/c1-3-8(2)16-7-11-13-10-6-4-5-9(10)12(15)14-11/h8H,3-7H2,1-2H3,(H,13,14,15). The van der Waals surface area contributed by atoms with Crippen molar-refractivity contribution in [2.45, 2.75) is 50.5 Å². The molecule has 1 atom stereocenters. The van der Waals surface area contributed by atoms with Crippen molar-refractivity contribution in [3.05, 3.63) is 21.7 Å². The predicted octanol–water partition coefficient (Wildman–Crippen LogP) is 3.66. The summed E-state index contributed by atoms with van der Waals surface area (Å²) in [4.78, 5) is 7.94. The van der Waals surface area contributed by atoms with Crippen LogP contribution in [0.1, 0.15) is 43.8 Å². The van der Waals surface area contributed by atoms with Gasteiger partial charge in [-0.15, -0.1) is 0 Å². The van der Waals surface area contributed by atoms with Crippen LogP contribution in [0.15, 0.2) is 0 Å². The first kappa shape index (κ1) is 12.1. The lowest BCUT2D eigenvalue weighted by Crippen LogP contribution is -2.02. The van der Waals surface area contributed by atoms with Crippen LogP contribution < -0.4 is 0 Å². The highest BCUT2D eigenvalue weighted by atomic mass is 32.2. The van der Waals surface area contributed by atoms with Crippen molar-refractivity contribution in [1.82, 2.24) is 9.97 Å². The van der Waals surface area contributed by atoms with Crippen molar-refractivity contribution in [1.29, 1.82) is 0 Å². The van der Waals surface area contributed by atoms with Crippen molar-refractivity contribution >= 4 is 24.0 Å². The summed E-state index contributed by atoms with van der Waals surface area (Å²) in [5, 5.41) is 0.692. The number of nitrogens with zero attached hydrogens (tertiary/aromatic N) is 1. The molecule has 0 saturated carbocycles. The first-order valence-electron chi connectivity index (χ1n) is 5.93. The van der Waals surface area contributed by atoms with Gasteiger partial charge in [-0.2, -0.15) is 11.8 Å². The zero-order valence-electron chi connectivity index (χ0n) is 9.88. The normalized spacial score (nSPS) is 16.1. The molecule has 1 N–H and O–H groups in total. The van der Waals surface area contributed by atoms with Crippen molar-refractivity contribution in [3.63, 3.8) is 0 Å². The van der Waals surface area contributed by atoms with E-state index in [0.717, 1.165) is 29.1 Å². The van der Waals surface area contributed by atoms with E-state index >= 15 is 0 Å². The number of aromatic nitrogens is 2. The summed E-state index contributed by atoms with van der Waals surface area (Å²) < 4.78 is 0.825. The number of nitrogens with one attached hydrogen (secondary N) is 1. The average Bonchev–Trinajstić information content (AvgIpc) is 2.74. The summed E-state index contributed by atoms with van der Waals surface area (Å²) in [6, 6.07) is 0. The van der Waals surface area contributed by atoms with Crippen LogP contribution in [0.25, 0.3) is 0 Å². The number of thioether (sulfide) groups is 1. The van der Waals surface area contributed by atoms with Gasteiger partial charge in [0.25, 0.3) is 0 Å². The Kier molecular flexibility index (Phi) is 4.03. The van der Waals surface area contributed by atoms with Crippen LogP contribution in [0, 0.1) is 4.64 Å². The first-order valence-corrected chi connectivity index (χ1v) is 7.39. The highest BCUT2D eigenvalue weighted by Gasteiger charge is 2.14. The lowest BCUT2D eigenvalue weighted by molar-refractivity contribution is 0.887. The maximum absolute atomic E-state index is 5.33. The average molecular weight is 254 g/mol. The molecule has 0 saturated heterocycles. The number of aryl methyl sites for hydroxylation is 1. The van der Waals surface area contributed by atoms with E-state index in [1.807, 2.05) is 11.8 Å². The Labute approximate surface area is 106 Å². The summed E-state index contributed by atoms with van der Waals surface area (Å²) >= 11 is 7.28. The molecule has 0 spiro atoms. The van der Waals surface area contributed by atoms with Crippen LogP contribution in [0.4, 0.5) is 0 Å². The molecule has 1 heterocycles. The molecule has 1 aromatic heterocycles. The fourth-order valence-corrected chi connectivity index (χ4v) is 3.07. The molecule has 0 amide bonds. The monoisotopic (exact) mass is 254 g/mol. The zero-order chi connectivity index (χ0) is 11.5. The summed E-state index contributed by atoms with van der Waals surface area (Å²) in [5.74, 6) is 2.00. The Balaban J connectivity index is 2.11. The number of H-pyrrole nitrogens is 1. The van der Waals surface area contributed by atoms with Gasteiger partial charge in [-0.3, -0.25) is 0 Å². The Morgan fingerprint density at radius 1 is 1.50 bits per heavy atom. The molecule has 0 bridgehead atoms. The Morgan fingerprint density at radius 3 is 3.06 bits per heavy atom. The molecule has 16 heavy (non-hydrogen) atoms. The minimum Gasteiger partial charge on any atom is -0.346 e. The van der Waals surface area contributed by atoms with Crippen LogP contribution in [-0.2, 0) is 18.6 Å². The minimum atomic E-state index is 0.692. The van der Waals surface area contributed by atoms with Gasteiger partial charge in [0.15, 0.2) is 0 Å². The first-order chi connectivity index (χ1) is 7.70. The molecule has 0 fully saturated rings. The predicted molar refractivity (Wildman–Crippen MR) is 72.5 cm³/mol. The summed E-state index contributed by atoms with van der Waals surface area (Å²) in [7, 11) is 0. The van der Waals surface area contributed by atoms with E-state index in [2.05, 4.69) is 23.8 Å². The van der Waals surface area contributed by atoms with Gasteiger partial charge >= 0.3 is 0 Å². The number of hydrogen-bond acceptors (Lipinski definition) is 3. The van der Waals surface area contributed by atoms with Gasteiger partial charge in [-0.25, -0.2) is 4.98 Å². The second kappa shape index (κ2) is 5.32. The molecule has 2 nitrogen and oxygen atoms in total. The Hall–Kier alpha value is -0.350. The molecule has 1 aromatic rings. The molecule has 4 heteroatoms. The molecule has 1 aliphatic carbocycles. The second-order valence-corrected chi connectivity index (χ2v) is 6.14. The van der Waals surface area contributed by atoms with E-state index in [1.165, 1.54) is 24.1 Å². The van der Waals surface area contributed by atoms with Crippen LogP contribution in [-0.4, -0.2) is 15.2 Å². The topological polar surface area (TPSA) is 28.7 Å². The van der Waals surface area contributed by atoms with Gasteiger partial charge in [-0.1, -0.05) is 26.1 Å². The minimum absolute atomic E-state index is 0.692. The van der Waals surface area contributed by atoms with Crippen molar-refractivity contribution in [3.8, 4) is 0 Å². The van der Waals surface area contributed by atoms with Crippen LogP contribution in [0.5, 0.6) is 0 Å². The Bertz CT molecular complexity index is 426. The van der Waals surface area contributed by atoms with E-state index in [9.17, 15) is 0 Å². The van der Waals surface area contributed by atoms with Gasteiger partial charge in [0, 0.05) is 16.5 Å². The van der Waals surface area contributed by atoms with E-state index in [1.54, 1.807) is 0 Å². The SMILES string of the molecule is CCC(C)SCc1nc(=S)c2c([nH]1)CCC2. The van der Waals surface area contributed by atoms with Crippen LogP contribution in [0.3, 0.4) is 0 Å². The molecule has 1 aliphatic rings. The maximum atomic E-state index is 5.33. The molecule has 0 aliphatic heterocycles. The Morgan fingerprint density at radius 2 is 2.31 bits per heavy atom. The van der Waals surface area contributed by atoms with E-state index < -0.39 is 0 Å². The van der Waals surface area contributed by atoms with Crippen molar-refractivity contribution in [2.24, 2.45) is 0 Å². The summed E-state index contributed by atoms with van der Waals surface area (Å²) in [6.45, 7) is 4.47. The van der Waals surface area contributed by atoms with E-state index in [4.69, 9.17) is 12.2 Å². The fourth-order valence-electron chi connectivity index (χ4n) is 1.92. The van der Waals surface area contributed by atoms with Gasteiger partial charge in [0.2, 0.25) is 0 Å². The fraction of sp³-hybridized carbons (Fsp3) is 0.667. The summed E-state index contributed by atoms with van der Waals surface area (Å²) in [5.41, 5.74) is 2.62. The largest absolute Gasteiger partial charge is 0.346 e. The third-order valence-electron chi connectivity index (χ3n) is 3.09. The van der Waals surface area contributed by atoms with Gasteiger partial charge in [0.05, 0.1) is 5.75 Å². The molecular formula is C12H18N2S2. The van der Waals surface area contributed by atoms with E-state index in [0.29, 0.717) is 5.25 Å². The number of rotatable bonds is 4. The number of fused-ring (bicyclic) bond motifs is 1. The summed E-state index contributed by atoms with van der Waals surface area (Å²) in [6.07, 6.45) is 4.67. The van der Waals surface area contributed by atoms with Gasteiger partial charge in [0.1, 0.15) is 10.5 Å². The lowest BCUT2D eigenvalue weighted by Gasteiger charge is -2.09. The molecule has 2 rings (SSSR count). The number of hydrogen-bond donors (Lipinski definition) is 1. The van der Waals surface area contributed by atoms with Crippen molar-refractivity contribution < 1.29 is 0 Å².